The predicted octanol–water partition coefficient (Wildman–Crippen LogP) is 3.56. The molecule has 1 aromatic rings. The molecule has 3 N–H and O–H groups in total. The number of halogens is 1. The van der Waals surface area contributed by atoms with Gasteiger partial charge in [-0.3, -0.25) is 4.57 Å². The summed E-state index contributed by atoms with van der Waals surface area (Å²) in [6.07, 6.45) is 0.0304. The minimum absolute atomic E-state index is 0.0304. The maximum Gasteiger partial charge on any atom is 0.349 e. The standard InChI is InChI=1S/C11H18ClN2O3P/c1-3-16-18(15,17-4-2)8-14-11-9(12)6-5-7-10(11)13/h5-7,14H,3-4,8,13H2,1-2H3. The van der Waals surface area contributed by atoms with Crippen LogP contribution in [-0.2, 0) is 13.6 Å². The van der Waals surface area contributed by atoms with E-state index >= 15 is 0 Å². The highest BCUT2D eigenvalue weighted by Gasteiger charge is 2.23. The molecule has 0 amide bonds. The van der Waals surface area contributed by atoms with Crippen molar-refractivity contribution in [2.75, 3.05) is 30.6 Å². The van der Waals surface area contributed by atoms with Gasteiger partial charge in [-0.2, -0.15) is 0 Å². The molecule has 0 atom stereocenters. The second kappa shape index (κ2) is 7.00. The van der Waals surface area contributed by atoms with Crippen LogP contribution in [0.15, 0.2) is 18.2 Å². The van der Waals surface area contributed by atoms with Gasteiger partial charge in [0.2, 0.25) is 0 Å². The number of benzene rings is 1. The molecule has 0 bridgehead atoms. The number of anilines is 2. The van der Waals surface area contributed by atoms with Gasteiger partial charge in [0.25, 0.3) is 0 Å². The third-order valence-corrected chi connectivity index (χ3v) is 4.31. The molecule has 102 valence electrons. The van der Waals surface area contributed by atoms with Gasteiger partial charge in [-0.05, 0) is 26.0 Å². The van der Waals surface area contributed by atoms with E-state index in [1.54, 1.807) is 32.0 Å². The molecule has 5 nitrogen and oxygen atoms in total. The Morgan fingerprint density at radius 2 is 1.94 bits per heavy atom. The van der Waals surface area contributed by atoms with E-state index in [0.717, 1.165) is 0 Å². The van der Waals surface area contributed by atoms with E-state index in [1.165, 1.54) is 0 Å². The van der Waals surface area contributed by atoms with Crippen LogP contribution in [-0.4, -0.2) is 19.5 Å². The van der Waals surface area contributed by atoms with Gasteiger partial charge >= 0.3 is 7.60 Å². The number of nitrogens with two attached hydrogens (primary N) is 1. The molecule has 0 aromatic heterocycles. The van der Waals surface area contributed by atoms with Crippen molar-refractivity contribution in [1.82, 2.24) is 0 Å². The van der Waals surface area contributed by atoms with Crippen LogP contribution < -0.4 is 11.1 Å². The van der Waals surface area contributed by atoms with E-state index in [-0.39, 0.29) is 6.29 Å². The van der Waals surface area contributed by atoms with Gasteiger partial charge in [0.1, 0.15) is 6.29 Å². The normalized spacial score (nSPS) is 11.5. The lowest BCUT2D eigenvalue weighted by molar-refractivity contribution is 0.221. The molecule has 1 aromatic carbocycles. The average molecular weight is 293 g/mol. The summed E-state index contributed by atoms with van der Waals surface area (Å²) in [6, 6.07) is 5.15. The first-order chi connectivity index (χ1) is 8.52. The minimum Gasteiger partial charge on any atom is -0.397 e. The van der Waals surface area contributed by atoms with Gasteiger partial charge in [0, 0.05) is 0 Å². The number of nitrogen functional groups attached to an aromatic ring is 1. The molecule has 0 saturated heterocycles. The maximum absolute atomic E-state index is 12.2. The molecule has 0 spiro atoms. The van der Waals surface area contributed by atoms with Crippen LogP contribution in [0.3, 0.4) is 0 Å². The molecule has 1 rings (SSSR count). The Labute approximate surface area is 112 Å². The molecule has 0 saturated carbocycles. The lowest BCUT2D eigenvalue weighted by Crippen LogP contribution is -2.09. The van der Waals surface area contributed by atoms with E-state index in [9.17, 15) is 4.57 Å². The Morgan fingerprint density at radius 1 is 1.33 bits per heavy atom. The molecular weight excluding hydrogens is 275 g/mol. The molecule has 0 aliphatic rings. The Balaban J connectivity index is 2.76. The third-order valence-electron chi connectivity index (χ3n) is 2.15. The summed E-state index contributed by atoms with van der Waals surface area (Å²) in [5, 5.41) is 3.39. The van der Waals surface area contributed by atoms with Crippen LogP contribution in [0.5, 0.6) is 0 Å². The summed E-state index contributed by atoms with van der Waals surface area (Å²) < 4.78 is 22.5. The van der Waals surface area contributed by atoms with Gasteiger partial charge in [0.05, 0.1) is 29.6 Å². The van der Waals surface area contributed by atoms with Gasteiger partial charge in [-0.15, -0.1) is 0 Å². The average Bonchev–Trinajstić information content (AvgIpc) is 2.29. The first-order valence-electron chi connectivity index (χ1n) is 5.68. The van der Waals surface area contributed by atoms with Crippen LogP contribution >= 0.6 is 19.2 Å². The topological polar surface area (TPSA) is 73.6 Å². The van der Waals surface area contributed by atoms with Crippen molar-refractivity contribution in [3.8, 4) is 0 Å². The highest BCUT2D eigenvalue weighted by Crippen LogP contribution is 2.48. The lowest BCUT2D eigenvalue weighted by Gasteiger charge is -2.19. The van der Waals surface area contributed by atoms with Crippen molar-refractivity contribution in [3.63, 3.8) is 0 Å². The Kier molecular flexibility index (Phi) is 5.96. The van der Waals surface area contributed by atoms with E-state index < -0.39 is 7.60 Å². The first-order valence-corrected chi connectivity index (χ1v) is 7.79. The predicted molar refractivity (Wildman–Crippen MR) is 75.2 cm³/mol. The molecule has 0 aliphatic carbocycles. The van der Waals surface area contributed by atoms with Crippen molar-refractivity contribution < 1.29 is 13.6 Å². The van der Waals surface area contributed by atoms with Crippen LogP contribution in [0.25, 0.3) is 0 Å². The zero-order valence-corrected chi connectivity index (χ0v) is 12.1. The third kappa shape index (κ3) is 4.18. The number of rotatable bonds is 7. The van der Waals surface area contributed by atoms with Crippen molar-refractivity contribution >= 4 is 30.6 Å². The van der Waals surface area contributed by atoms with Crippen LogP contribution in [0.1, 0.15) is 13.8 Å². The number of hydrogen-bond acceptors (Lipinski definition) is 5. The second-order valence-corrected chi connectivity index (χ2v) is 5.95. The molecule has 0 aliphatic heterocycles. The Hall–Kier alpha value is -0.740. The second-order valence-electron chi connectivity index (χ2n) is 3.49. The molecule has 0 fully saturated rings. The smallest absolute Gasteiger partial charge is 0.349 e. The monoisotopic (exact) mass is 292 g/mol. The van der Waals surface area contributed by atoms with Crippen molar-refractivity contribution in [2.45, 2.75) is 13.8 Å². The van der Waals surface area contributed by atoms with Gasteiger partial charge in [-0.25, -0.2) is 0 Å². The molecule has 0 heterocycles. The van der Waals surface area contributed by atoms with Crippen molar-refractivity contribution in [3.05, 3.63) is 23.2 Å². The largest absolute Gasteiger partial charge is 0.397 e. The van der Waals surface area contributed by atoms with Crippen molar-refractivity contribution in [2.24, 2.45) is 0 Å². The van der Waals surface area contributed by atoms with E-state index in [1.807, 2.05) is 0 Å². The molecule has 0 unspecified atom stereocenters. The molecule has 7 heteroatoms. The minimum atomic E-state index is -3.15. The summed E-state index contributed by atoms with van der Waals surface area (Å²) >= 11 is 6.00. The molecular formula is C11H18ClN2O3P. The number of hydrogen-bond donors (Lipinski definition) is 2. The van der Waals surface area contributed by atoms with Crippen LogP contribution in [0.2, 0.25) is 5.02 Å². The zero-order valence-electron chi connectivity index (χ0n) is 10.5. The number of nitrogens with one attached hydrogen (secondary N) is 1. The summed E-state index contributed by atoms with van der Waals surface area (Å²) in [4.78, 5) is 0. The van der Waals surface area contributed by atoms with E-state index in [0.29, 0.717) is 29.6 Å². The highest BCUT2D eigenvalue weighted by molar-refractivity contribution is 7.53. The quantitative estimate of drug-likeness (QED) is 0.594. The fourth-order valence-electron chi connectivity index (χ4n) is 1.43. The van der Waals surface area contributed by atoms with Crippen molar-refractivity contribution in [1.29, 1.82) is 0 Å². The lowest BCUT2D eigenvalue weighted by atomic mass is 10.3. The Bertz CT molecular complexity index is 412. The molecule has 18 heavy (non-hydrogen) atoms. The number of para-hydroxylation sites is 1. The summed E-state index contributed by atoms with van der Waals surface area (Å²) in [5.74, 6) is 0. The van der Waals surface area contributed by atoms with Gasteiger partial charge in [0.15, 0.2) is 0 Å². The maximum atomic E-state index is 12.2. The Morgan fingerprint density at radius 3 is 2.44 bits per heavy atom. The summed E-state index contributed by atoms with van der Waals surface area (Å²) in [5.41, 5.74) is 6.81. The van der Waals surface area contributed by atoms with E-state index in [4.69, 9.17) is 26.4 Å². The molecule has 0 radical (unpaired) electrons. The zero-order chi connectivity index (χ0) is 13.6. The van der Waals surface area contributed by atoms with Gasteiger partial charge in [-0.1, -0.05) is 17.7 Å². The van der Waals surface area contributed by atoms with E-state index in [2.05, 4.69) is 5.32 Å². The summed E-state index contributed by atoms with van der Waals surface area (Å²) in [6.45, 7) is 4.15. The summed E-state index contributed by atoms with van der Waals surface area (Å²) in [7, 11) is -3.15. The first kappa shape index (κ1) is 15.3. The highest BCUT2D eigenvalue weighted by atomic mass is 35.5. The van der Waals surface area contributed by atoms with Crippen LogP contribution in [0.4, 0.5) is 11.4 Å². The fraction of sp³-hybridized carbons (Fsp3) is 0.455. The SMILES string of the molecule is CCOP(=O)(CNc1c(N)cccc1Cl)OCC. The van der Waals surface area contributed by atoms with Gasteiger partial charge < -0.3 is 20.1 Å². The fourth-order valence-corrected chi connectivity index (χ4v) is 3.07. The van der Waals surface area contributed by atoms with Crippen LogP contribution in [0, 0.1) is 0 Å².